The lowest BCUT2D eigenvalue weighted by Gasteiger charge is -2.47. The topological polar surface area (TPSA) is 65.2 Å². The molecule has 2 aliphatic carbocycles. The Morgan fingerprint density at radius 1 is 1.16 bits per heavy atom. The normalized spacial score (nSPS) is 34.9. The highest BCUT2D eigenvalue weighted by Gasteiger charge is 2.54. The molecule has 1 aromatic carbocycles. The average molecular weight is 421 g/mol. The number of hydrogen-bond donors (Lipinski definition) is 1. The molecular weight excluding hydrogens is 391 g/mol. The van der Waals surface area contributed by atoms with Gasteiger partial charge >= 0.3 is 5.97 Å². The summed E-state index contributed by atoms with van der Waals surface area (Å²) in [6.07, 6.45) is 10.1. The summed E-state index contributed by atoms with van der Waals surface area (Å²) in [5.74, 6) is 1.25. The predicted molar refractivity (Wildman–Crippen MR) is 118 cm³/mol. The molecule has 3 fully saturated rings. The molecule has 1 saturated heterocycles. The van der Waals surface area contributed by atoms with Gasteiger partial charge in [-0.15, -0.1) is 0 Å². The van der Waals surface area contributed by atoms with Gasteiger partial charge in [-0.2, -0.15) is 0 Å². The molecule has 1 unspecified atom stereocenters. The molecule has 3 aliphatic rings. The van der Waals surface area contributed by atoms with Crippen molar-refractivity contribution in [2.75, 3.05) is 0 Å². The minimum Gasteiger partial charge on any atom is -0.462 e. The van der Waals surface area contributed by atoms with E-state index in [1.807, 2.05) is 25.1 Å². The second-order valence-electron chi connectivity index (χ2n) is 9.48. The minimum atomic E-state index is -0.252. The number of benzene rings is 1. The summed E-state index contributed by atoms with van der Waals surface area (Å²) >= 11 is 0. The van der Waals surface area contributed by atoms with E-state index in [4.69, 9.17) is 10.5 Å². The largest absolute Gasteiger partial charge is 0.462 e. The number of halogens is 1. The average Bonchev–Trinajstić information content (AvgIpc) is 3.04. The molecule has 1 aliphatic heterocycles. The van der Waals surface area contributed by atoms with Crippen LogP contribution in [-0.4, -0.2) is 23.1 Å². The smallest absolute Gasteiger partial charge is 0.309 e. The second-order valence-corrected chi connectivity index (χ2v) is 9.48. The summed E-state index contributed by atoms with van der Waals surface area (Å²) in [7, 11) is 0. The first-order valence-electron chi connectivity index (χ1n) is 11.4. The van der Waals surface area contributed by atoms with Gasteiger partial charge in [-0.25, -0.2) is 4.39 Å². The van der Waals surface area contributed by atoms with E-state index in [1.54, 1.807) is 12.3 Å². The molecule has 0 radical (unpaired) electrons. The van der Waals surface area contributed by atoms with Gasteiger partial charge in [-0.1, -0.05) is 24.3 Å². The standard InChI is InChI=1S/C26H29FN2O2/c1-15-25-23(22-9-6-20(28)12-18(22)13-24(25)26(30)31-15)10-8-21-7-5-17(14-29-21)16-3-2-4-19(27)11-16/h2-5,7-8,10-11,14-15,18,20,22-25H,6,9,12-13,28H2,1H3/b10-8+/t15-,18+,20-,22-,23+,24?,25+/m1/s1. The molecular formula is C26H29FN2O2. The summed E-state index contributed by atoms with van der Waals surface area (Å²) in [5, 5.41) is 0. The van der Waals surface area contributed by atoms with E-state index >= 15 is 0 Å². The summed E-state index contributed by atoms with van der Waals surface area (Å²) in [5.41, 5.74) is 8.82. The highest BCUT2D eigenvalue weighted by molar-refractivity contribution is 5.75. The lowest BCUT2D eigenvalue weighted by atomic mass is 9.57. The Kier molecular flexibility index (Phi) is 5.39. The van der Waals surface area contributed by atoms with Crippen LogP contribution in [0, 0.1) is 35.4 Å². The van der Waals surface area contributed by atoms with Crippen molar-refractivity contribution in [3.05, 3.63) is 60.2 Å². The van der Waals surface area contributed by atoms with E-state index in [0.29, 0.717) is 17.8 Å². The number of aromatic nitrogens is 1. The number of cyclic esters (lactones) is 1. The zero-order valence-corrected chi connectivity index (χ0v) is 17.8. The van der Waals surface area contributed by atoms with Crippen molar-refractivity contribution in [3.63, 3.8) is 0 Å². The maximum absolute atomic E-state index is 13.5. The Balaban J connectivity index is 1.39. The van der Waals surface area contributed by atoms with E-state index in [9.17, 15) is 9.18 Å². The molecule has 2 N–H and O–H groups in total. The van der Waals surface area contributed by atoms with Crippen LogP contribution in [0.25, 0.3) is 17.2 Å². The maximum atomic E-state index is 13.5. The van der Waals surface area contributed by atoms with Gasteiger partial charge in [-0.3, -0.25) is 9.78 Å². The summed E-state index contributed by atoms with van der Waals surface area (Å²) in [6.45, 7) is 2.03. The molecule has 4 nitrogen and oxygen atoms in total. The van der Waals surface area contributed by atoms with Crippen LogP contribution in [-0.2, 0) is 9.53 Å². The third-order valence-corrected chi connectivity index (χ3v) is 7.62. The number of pyridine rings is 1. The van der Waals surface area contributed by atoms with Crippen molar-refractivity contribution in [1.82, 2.24) is 4.98 Å². The number of rotatable bonds is 3. The quantitative estimate of drug-likeness (QED) is 0.722. The van der Waals surface area contributed by atoms with Crippen LogP contribution >= 0.6 is 0 Å². The monoisotopic (exact) mass is 420 g/mol. The number of nitrogens with two attached hydrogens (primary N) is 1. The first kappa shape index (κ1) is 20.4. The van der Waals surface area contributed by atoms with Crippen LogP contribution in [0.3, 0.4) is 0 Å². The van der Waals surface area contributed by atoms with E-state index in [1.165, 1.54) is 12.1 Å². The molecule has 5 rings (SSSR count). The molecule has 2 heterocycles. The maximum Gasteiger partial charge on any atom is 0.309 e. The minimum absolute atomic E-state index is 0.0143. The zero-order valence-electron chi connectivity index (χ0n) is 17.8. The molecule has 1 aromatic heterocycles. The third-order valence-electron chi connectivity index (χ3n) is 7.62. The second kappa shape index (κ2) is 8.19. The lowest BCUT2D eigenvalue weighted by molar-refractivity contribution is -0.144. The van der Waals surface area contributed by atoms with E-state index < -0.39 is 0 Å². The first-order chi connectivity index (χ1) is 15.0. The third kappa shape index (κ3) is 3.91. The fourth-order valence-corrected chi connectivity index (χ4v) is 6.20. The van der Waals surface area contributed by atoms with Crippen molar-refractivity contribution in [1.29, 1.82) is 0 Å². The van der Waals surface area contributed by atoms with Gasteiger partial charge in [0.05, 0.1) is 11.6 Å². The van der Waals surface area contributed by atoms with Gasteiger partial charge in [0.2, 0.25) is 0 Å². The molecule has 2 aromatic rings. The van der Waals surface area contributed by atoms with Crippen LogP contribution in [0.5, 0.6) is 0 Å². The molecule has 2 saturated carbocycles. The Morgan fingerprint density at radius 3 is 2.81 bits per heavy atom. The molecule has 31 heavy (non-hydrogen) atoms. The van der Waals surface area contributed by atoms with Crippen LogP contribution < -0.4 is 5.73 Å². The SMILES string of the molecule is C[C@H]1OC(=O)C2C[C@@H]3C[C@H](N)CC[C@H]3[C@H](/C=C/c3ccc(-c4cccc(F)c4)cn3)[C@@H]21. The Bertz CT molecular complexity index is 989. The number of ether oxygens (including phenoxy) is 1. The number of allylic oxidation sites excluding steroid dienone is 1. The number of nitrogens with zero attached hydrogens (tertiary/aromatic N) is 1. The Hall–Kier alpha value is -2.53. The predicted octanol–water partition coefficient (Wildman–Crippen LogP) is 4.84. The van der Waals surface area contributed by atoms with Gasteiger partial charge in [0.15, 0.2) is 0 Å². The van der Waals surface area contributed by atoms with Crippen molar-refractivity contribution >= 4 is 12.0 Å². The zero-order chi connectivity index (χ0) is 21.5. The van der Waals surface area contributed by atoms with Crippen LogP contribution in [0.2, 0.25) is 0 Å². The Morgan fingerprint density at radius 2 is 2.03 bits per heavy atom. The van der Waals surface area contributed by atoms with Gasteiger partial charge in [-0.05, 0) is 80.2 Å². The van der Waals surface area contributed by atoms with Gasteiger partial charge in [0.25, 0.3) is 0 Å². The summed E-state index contributed by atoms with van der Waals surface area (Å²) in [4.78, 5) is 17.1. The van der Waals surface area contributed by atoms with Crippen LogP contribution in [0.15, 0.2) is 48.7 Å². The van der Waals surface area contributed by atoms with Gasteiger partial charge < -0.3 is 10.5 Å². The van der Waals surface area contributed by atoms with Crippen molar-refractivity contribution < 1.29 is 13.9 Å². The van der Waals surface area contributed by atoms with E-state index in [-0.39, 0.29) is 35.8 Å². The van der Waals surface area contributed by atoms with E-state index in [0.717, 1.165) is 42.5 Å². The molecule has 0 amide bonds. The molecule has 5 heteroatoms. The lowest BCUT2D eigenvalue weighted by Crippen LogP contribution is -2.46. The van der Waals surface area contributed by atoms with Crippen molar-refractivity contribution in [3.8, 4) is 11.1 Å². The molecule has 7 atom stereocenters. The fraction of sp³-hybridized carbons (Fsp3) is 0.462. The number of carbonyl (C=O) groups excluding carboxylic acids is 1. The van der Waals surface area contributed by atoms with Gasteiger partial charge in [0, 0.05) is 23.7 Å². The van der Waals surface area contributed by atoms with E-state index in [2.05, 4.69) is 17.1 Å². The fourth-order valence-electron chi connectivity index (χ4n) is 6.20. The Labute approximate surface area is 182 Å². The number of fused-ring (bicyclic) bond motifs is 2. The molecule has 0 bridgehead atoms. The van der Waals surface area contributed by atoms with Gasteiger partial charge in [0.1, 0.15) is 11.9 Å². The van der Waals surface area contributed by atoms with Crippen molar-refractivity contribution in [2.45, 2.75) is 44.8 Å². The highest BCUT2D eigenvalue weighted by Crippen LogP contribution is 2.53. The number of carbonyl (C=O) groups is 1. The molecule has 162 valence electrons. The highest BCUT2D eigenvalue weighted by atomic mass is 19.1. The number of esters is 1. The first-order valence-corrected chi connectivity index (χ1v) is 11.4. The van der Waals surface area contributed by atoms with Crippen LogP contribution in [0.4, 0.5) is 4.39 Å². The molecule has 0 spiro atoms. The summed E-state index contributed by atoms with van der Waals surface area (Å²) in [6, 6.07) is 10.7. The van der Waals surface area contributed by atoms with Crippen LogP contribution in [0.1, 0.15) is 38.3 Å². The van der Waals surface area contributed by atoms with Crippen molar-refractivity contribution in [2.24, 2.45) is 35.3 Å². The number of hydrogen-bond acceptors (Lipinski definition) is 4. The summed E-state index contributed by atoms with van der Waals surface area (Å²) < 4.78 is 19.2.